The molecule has 0 spiro atoms. The minimum absolute atomic E-state index is 0.220. The van der Waals surface area contributed by atoms with E-state index in [1.165, 1.54) is 12.8 Å². The van der Waals surface area contributed by atoms with Crippen LogP contribution in [0.15, 0.2) is 11.8 Å². The fraction of sp³-hybridized carbons (Fsp3) is 0.714. The summed E-state index contributed by atoms with van der Waals surface area (Å²) < 4.78 is 0. The molecule has 0 aromatic heterocycles. The number of carbonyl (C=O) groups is 1. The molecule has 1 rings (SSSR count). The summed E-state index contributed by atoms with van der Waals surface area (Å²) in [6, 6.07) is 2.00. The van der Waals surface area contributed by atoms with Gasteiger partial charge in [-0.05, 0) is 18.8 Å². The highest BCUT2D eigenvalue weighted by Crippen LogP contribution is 2.11. The number of likely N-dealkylation sites (tertiary alicyclic amines) is 1. The molecule has 1 saturated heterocycles. The summed E-state index contributed by atoms with van der Waals surface area (Å²) in [7, 11) is 0. The molecular formula is C14H23N3O. The molecule has 0 aromatic rings. The number of hydrogen-bond donors (Lipinski definition) is 1. The molecular weight excluding hydrogens is 226 g/mol. The van der Waals surface area contributed by atoms with Gasteiger partial charge in [0.25, 0.3) is 5.91 Å². The third kappa shape index (κ3) is 5.22. The Labute approximate surface area is 110 Å². The van der Waals surface area contributed by atoms with Crippen LogP contribution in [0, 0.1) is 17.2 Å². The highest BCUT2D eigenvalue weighted by Gasteiger charge is 2.12. The summed E-state index contributed by atoms with van der Waals surface area (Å²) in [5.74, 6) is 0.141. The van der Waals surface area contributed by atoms with Crippen molar-refractivity contribution in [3.05, 3.63) is 11.8 Å². The zero-order chi connectivity index (χ0) is 13.4. The second kappa shape index (κ2) is 7.75. The van der Waals surface area contributed by atoms with Crippen molar-refractivity contribution in [1.29, 1.82) is 5.26 Å². The third-order valence-electron chi connectivity index (χ3n) is 2.99. The predicted molar refractivity (Wildman–Crippen MR) is 71.6 cm³/mol. The molecule has 0 saturated carbocycles. The summed E-state index contributed by atoms with van der Waals surface area (Å²) in [6.45, 7) is 6.57. The lowest BCUT2D eigenvalue weighted by molar-refractivity contribution is -0.117. The fourth-order valence-electron chi connectivity index (χ4n) is 1.94. The second-order valence-corrected chi connectivity index (χ2v) is 5.21. The zero-order valence-corrected chi connectivity index (χ0v) is 11.4. The quantitative estimate of drug-likeness (QED) is 0.613. The van der Waals surface area contributed by atoms with Crippen molar-refractivity contribution in [2.75, 3.05) is 19.6 Å². The van der Waals surface area contributed by atoms with Crippen molar-refractivity contribution >= 4 is 5.91 Å². The lowest BCUT2D eigenvalue weighted by Crippen LogP contribution is -2.30. The van der Waals surface area contributed by atoms with Crippen LogP contribution in [0.5, 0.6) is 0 Å². The summed E-state index contributed by atoms with van der Waals surface area (Å²) in [5, 5.41) is 11.8. The van der Waals surface area contributed by atoms with Crippen molar-refractivity contribution in [3.8, 4) is 6.07 Å². The van der Waals surface area contributed by atoms with Gasteiger partial charge in [0.2, 0.25) is 0 Å². The molecule has 0 atom stereocenters. The smallest absolute Gasteiger partial charge is 0.263 e. The Morgan fingerprint density at radius 1 is 1.33 bits per heavy atom. The highest BCUT2D eigenvalue weighted by atomic mass is 16.1. The van der Waals surface area contributed by atoms with Gasteiger partial charge in [-0.25, -0.2) is 0 Å². The van der Waals surface area contributed by atoms with Crippen LogP contribution in [-0.4, -0.2) is 30.4 Å². The van der Waals surface area contributed by atoms with Crippen molar-refractivity contribution < 1.29 is 4.79 Å². The molecule has 0 unspecified atom stereocenters. The molecule has 1 N–H and O–H groups in total. The monoisotopic (exact) mass is 249 g/mol. The van der Waals surface area contributed by atoms with Crippen LogP contribution in [0.25, 0.3) is 0 Å². The van der Waals surface area contributed by atoms with Gasteiger partial charge in [0.05, 0.1) is 0 Å². The first-order chi connectivity index (χ1) is 8.63. The molecule has 0 aromatic carbocycles. The highest BCUT2D eigenvalue weighted by molar-refractivity contribution is 5.97. The van der Waals surface area contributed by atoms with Crippen LogP contribution in [-0.2, 0) is 4.79 Å². The first-order valence-corrected chi connectivity index (χ1v) is 6.77. The van der Waals surface area contributed by atoms with E-state index in [1.807, 2.05) is 19.9 Å². The summed E-state index contributed by atoms with van der Waals surface area (Å²) in [6.07, 6.45) is 6.49. The summed E-state index contributed by atoms with van der Waals surface area (Å²) in [4.78, 5) is 13.9. The Kier molecular flexibility index (Phi) is 6.27. The average molecular weight is 249 g/mol. The van der Waals surface area contributed by atoms with Gasteiger partial charge in [0, 0.05) is 25.8 Å². The first-order valence-electron chi connectivity index (χ1n) is 6.77. The molecule has 100 valence electrons. The lowest BCUT2D eigenvalue weighted by atomic mass is 10.2. The average Bonchev–Trinajstić information content (AvgIpc) is 2.61. The Morgan fingerprint density at radius 2 is 1.94 bits per heavy atom. The molecule has 1 amide bonds. The number of amides is 1. The maximum absolute atomic E-state index is 11.8. The number of hydrogen-bond acceptors (Lipinski definition) is 3. The van der Waals surface area contributed by atoms with E-state index in [2.05, 4.69) is 10.2 Å². The van der Waals surface area contributed by atoms with Crippen LogP contribution in [0.4, 0.5) is 0 Å². The van der Waals surface area contributed by atoms with E-state index in [1.54, 1.807) is 6.20 Å². The van der Waals surface area contributed by atoms with Gasteiger partial charge < -0.3 is 10.2 Å². The van der Waals surface area contributed by atoms with Gasteiger partial charge in [0.15, 0.2) is 0 Å². The Balaban J connectivity index is 2.57. The maximum Gasteiger partial charge on any atom is 0.263 e. The minimum atomic E-state index is -0.254. The Morgan fingerprint density at radius 3 is 2.44 bits per heavy atom. The topological polar surface area (TPSA) is 56.1 Å². The number of nitriles is 1. The van der Waals surface area contributed by atoms with Crippen molar-refractivity contribution in [2.45, 2.75) is 39.5 Å². The van der Waals surface area contributed by atoms with Gasteiger partial charge in [-0.2, -0.15) is 5.26 Å². The zero-order valence-electron chi connectivity index (χ0n) is 11.4. The normalized spacial score (nSPS) is 17.2. The maximum atomic E-state index is 11.8. The van der Waals surface area contributed by atoms with Gasteiger partial charge in [0.1, 0.15) is 11.6 Å². The molecule has 0 aliphatic carbocycles. The molecule has 1 heterocycles. The lowest BCUT2D eigenvalue weighted by Gasteiger charge is -2.17. The molecule has 1 fully saturated rings. The molecule has 4 nitrogen and oxygen atoms in total. The van der Waals surface area contributed by atoms with E-state index < -0.39 is 0 Å². The standard InChI is InChI=1S/C14H23N3O/c1-12(2)10-16-14(18)13(9-15)11-17-7-5-3-4-6-8-17/h11-12H,3-8,10H2,1-2H3,(H,16,18)/b13-11-. The molecule has 1 aliphatic heterocycles. The number of carbonyl (C=O) groups excluding carboxylic acids is 1. The van der Waals surface area contributed by atoms with E-state index in [9.17, 15) is 4.79 Å². The molecule has 0 radical (unpaired) electrons. The first kappa shape index (κ1) is 14.6. The summed E-state index contributed by atoms with van der Waals surface area (Å²) >= 11 is 0. The molecule has 4 heteroatoms. The van der Waals surface area contributed by atoms with Gasteiger partial charge in [-0.15, -0.1) is 0 Å². The van der Waals surface area contributed by atoms with Crippen LogP contribution < -0.4 is 5.32 Å². The summed E-state index contributed by atoms with van der Waals surface area (Å²) in [5.41, 5.74) is 0.220. The van der Waals surface area contributed by atoms with Crippen LogP contribution in [0.2, 0.25) is 0 Å². The SMILES string of the molecule is CC(C)CNC(=O)/C(C#N)=C\N1CCCCCC1. The van der Waals surface area contributed by atoms with Crippen LogP contribution >= 0.6 is 0 Å². The Bertz CT molecular complexity index is 333. The predicted octanol–water partition coefficient (Wildman–Crippen LogP) is 2.04. The van der Waals surface area contributed by atoms with Crippen LogP contribution in [0.1, 0.15) is 39.5 Å². The number of nitrogens with one attached hydrogen (secondary N) is 1. The van der Waals surface area contributed by atoms with E-state index in [0.29, 0.717) is 12.5 Å². The fourth-order valence-corrected chi connectivity index (χ4v) is 1.94. The van der Waals surface area contributed by atoms with Gasteiger partial charge in [-0.1, -0.05) is 26.7 Å². The molecule has 0 bridgehead atoms. The molecule has 18 heavy (non-hydrogen) atoms. The van der Waals surface area contributed by atoms with E-state index in [-0.39, 0.29) is 11.5 Å². The Hall–Kier alpha value is -1.50. The minimum Gasteiger partial charge on any atom is -0.376 e. The van der Waals surface area contributed by atoms with E-state index in [4.69, 9.17) is 5.26 Å². The van der Waals surface area contributed by atoms with Crippen molar-refractivity contribution in [2.24, 2.45) is 5.92 Å². The van der Waals surface area contributed by atoms with Crippen molar-refractivity contribution in [1.82, 2.24) is 10.2 Å². The number of rotatable bonds is 4. The number of nitrogens with zero attached hydrogens (tertiary/aromatic N) is 2. The third-order valence-corrected chi connectivity index (χ3v) is 2.99. The largest absolute Gasteiger partial charge is 0.376 e. The van der Waals surface area contributed by atoms with E-state index in [0.717, 1.165) is 25.9 Å². The second-order valence-electron chi connectivity index (χ2n) is 5.21. The van der Waals surface area contributed by atoms with E-state index >= 15 is 0 Å². The van der Waals surface area contributed by atoms with Gasteiger partial charge >= 0.3 is 0 Å². The molecule has 1 aliphatic rings. The van der Waals surface area contributed by atoms with Crippen LogP contribution in [0.3, 0.4) is 0 Å². The van der Waals surface area contributed by atoms with Crippen molar-refractivity contribution in [3.63, 3.8) is 0 Å². The van der Waals surface area contributed by atoms with Gasteiger partial charge in [-0.3, -0.25) is 4.79 Å².